The number of methoxy groups -OCH3 is 1. The molecule has 0 spiro atoms. The first-order valence-corrected chi connectivity index (χ1v) is 13.8. The van der Waals surface area contributed by atoms with Crippen LogP contribution in [0.3, 0.4) is 0 Å². The van der Waals surface area contributed by atoms with Gasteiger partial charge in [-0.3, -0.25) is 10.1 Å². The predicted octanol–water partition coefficient (Wildman–Crippen LogP) is 6.33. The van der Waals surface area contributed by atoms with Gasteiger partial charge in [-0.05, 0) is 60.7 Å². The quantitative estimate of drug-likeness (QED) is 0.123. The number of carbonyl (C=O) groups is 1. The van der Waals surface area contributed by atoms with E-state index in [0.29, 0.717) is 47.1 Å². The van der Waals surface area contributed by atoms with Crippen molar-refractivity contribution in [3.63, 3.8) is 0 Å². The van der Waals surface area contributed by atoms with Gasteiger partial charge in [0.05, 0.1) is 7.11 Å². The van der Waals surface area contributed by atoms with Crippen molar-refractivity contribution in [3.05, 3.63) is 76.8 Å². The first-order chi connectivity index (χ1) is 19.1. The molecule has 1 amide bonds. The summed E-state index contributed by atoms with van der Waals surface area (Å²) in [7, 11) is 1.61. The molecule has 0 unspecified atom stereocenters. The Morgan fingerprint density at radius 1 is 1.10 bits per heavy atom. The summed E-state index contributed by atoms with van der Waals surface area (Å²) in [4.78, 5) is 12.7. The van der Waals surface area contributed by atoms with E-state index in [9.17, 15) is 10.1 Å². The molecule has 1 saturated carbocycles. The van der Waals surface area contributed by atoms with Gasteiger partial charge in [-0.15, -0.1) is 16.8 Å². The maximum absolute atomic E-state index is 12.7. The Kier molecular flexibility index (Phi) is 10.1. The van der Waals surface area contributed by atoms with Crippen LogP contribution in [0.25, 0.3) is 6.08 Å². The summed E-state index contributed by atoms with van der Waals surface area (Å²) in [6.07, 6.45) is 10.0. The Balaban J connectivity index is 1.27. The molecule has 2 aromatic carbocycles. The molecule has 1 N–H and O–H groups in total. The summed E-state index contributed by atoms with van der Waals surface area (Å²) in [5.41, 5.74) is 1.79. The molecule has 4 rings (SSSR count). The molecule has 9 heteroatoms. The van der Waals surface area contributed by atoms with Crippen molar-refractivity contribution < 1.29 is 19.0 Å². The number of allylic oxidation sites excluding steroid dienone is 1. The lowest BCUT2D eigenvalue weighted by molar-refractivity contribution is -0.112. The second-order valence-corrected chi connectivity index (χ2v) is 10.2. The minimum Gasteiger partial charge on any atom is -0.493 e. The van der Waals surface area contributed by atoms with Crippen molar-refractivity contribution in [2.75, 3.05) is 25.6 Å². The third-order valence-electron chi connectivity index (χ3n) is 6.39. The van der Waals surface area contributed by atoms with Gasteiger partial charge < -0.3 is 14.2 Å². The van der Waals surface area contributed by atoms with Gasteiger partial charge in [-0.25, -0.2) is 0 Å². The summed E-state index contributed by atoms with van der Waals surface area (Å²) < 4.78 is 17.0. The Morgan fingerprint density at radius 3 is 2.59 bits per heavy atom. The normalized spacial score (nSPS) is 13.8. The molecule has 0 saturated heterocycles. The summed E-state index contributed by atoms with van der Waals surface area (Å²) >= 11 is 1.39. The van der Waals surface area contributed by atoms with Crippen molar-refractivity contribution in [3.8, 4) is 23.3 Å². The molecule has 0 radical (unpaired) electrons. The Labute approximate surface area is 232 Å². The van der Waals surface area contributed by atoms with Gasteiger partial charge in [0.25, 0.3) is 5.91 Å². The number of rotatable bonds is 12. The highest BCUT2D eigenvalue weighted by Crippen LogP contribution is 2.35. The molecule has 0 atom stereocenters. The number of hydrogen-bond acceptors (Lipinski definition) is 8. The molecule has 1 aromatic heterocycles. The highest BCUT2D eigenvalue weighted by atomic mass is 32.1. The van der Waals surface area contributed by atoms with Crippen LogP contribution < -0.4 is 19.5 Å². The van der Waals surface area contributed by atoms with E-state index < -0.39 is 5.91 Å². The zero-order valence-corrected chi connectivity index (χ0v) is 22.8. The van der Waals surface area contributed by atoms with E-state index in [1.165, 1.54) is 36.7 Å². The van der Waals surface area contributed by atoms with Crippen molar-refractivity contribution >= 4 is 28.5 Å². The van der Waals surface area contributed by atoms with E-state index in [1.807, 2.05) is 30.3 Å². The first-order valence-electron chi connectivity index (χ1n) is 13.0. The molecule has 202 valence electrons. The summed E-state index contributed by atoms with van der Waals surface area (Å²) in [6, 6.07) is 14.9. The zero-order valence-electron chi connectivity index (χ0n) is 22.0. The van der Waals surface area contributed by atoms with Gasteiger partial charge in [0, 0.05) is 5.92 Å². The highest BCUT2D eigenvalue weighted by Gasteiger charge is 2.21. The van der Waals surface area contributed by atoms with E-state index in [-0.39, 0.29) is 5.57 Å². The number of nitrogens with zero attached hydrogens (tertiary/aromatic N) is 3. The first kappa shape index (κ1) is 27.9. The van der Waals surface area contributed by atoms with E-state index in [0.717, 1.165) is 29.8 Å². The molecular weight excluding hydrogens is 512 g/mol. The topological polar surface area (TPSA) is 106 Å². The lowest BCUT2D eigenvalue weighted by Gasteiger charge is -2.18. The van der Waals surface area contributed by atoms with Crippen LogP contribution in [-0.2, 0) is 11.2 Å². The standard InChI is InChI=1S/C30H32N4O4S/c1-3-7-21-12-15-26(27(19-21)36-2)38-17-16-37-25-13-10-22(11-14-25)18-24(20-31)28(35)32-30-34-33-29(39-30)23-8-5-4-6-9-23/h3,10-15,18-19,23H,1,4-9,16-17H2,2H3,(H,32,34,35)/b24-18-. The number of carbonyl (C=O) groups excluding carboxylic acids is 1. The Morgan fingerprint density at radius 2 is 1.87 bits per heavy atom. The maximum Gasteiger partial charge on any atom is 0.268 e. The number of hydrogen-bond donors (Lipinski definition) is 1. The minimum atomic E-state index is -0.505. The highest BCUT2D eigenvalue weighted by molar-refractivity contribution is 7.15. The van der Waals surface area contributed by atoms with E-state index in [1.54, 1.807) is 31.4 Å². The van der Waals surface area contributed by atoms with Crippen molar-refractivity contribution in [2.24, 2.45) is 0 Å². The van der Waals surface area contributed by atoms with Crippen LogP contribution in [0.15, 0.2) is 60.7 Å². The molecule has 0 bridgehead atoms. The molecule has 0 aliphatic heterocycles. The van der Waals surface area contributed by atoms with Gasteiger partial charge in [0.2, 0.25) is 5.13 Å². The van der Waals surface area contributed by atoms with Crippen LogP contribution in [-0.4, -0.2) is 36.4 Å². The number of anilines is 1. The largest absolute Gasteiger partial charge is 0.493 e. The minimum absolute atomic E-state index is 0.0143. The van der Waals surface area contributed by atoms with E-state index in [2.05, 4.69) is 22.1 Å². The molecule has 1 fully saturated rings. The van der Waals surface area contributed by atoms with Crippen LogP contribution in [0.1, 0.15) is 54.2 Å². The van der Waals surface area contributed by atoms with Crippen LogP contribution >= 0.6 is 11.3 Å². The van der Waals surface area contributed by atoms with Gasteiger partial charge in [0.1, 0.15) is 35.6 Å². The van der Waals surface area contributed by atoms with Crippen LogP contribution in [0.5, 0.6) is 17.2 Å². The fraction of sp³-hybridized carbons (Fsp3) is 0.333. The number of nitriles is 1. The summed E-state index contributed by atoms with van der Waals surface area (Å²) in [6.45, 7) is 4.43. The second kappa shape index (κ2) is 14.1. The van der Waals surface area contributed by atoms with Gasteiger partial charge in [-0.1, -0.05) is 54.9 Å². The average molecular weight is 545 g/mol. The molecule has 1 aliphatic carbocycles. The summed E-state index contributed by atoms with van der Waals surface area (Å²) in [5, 5.41) is 22.0. The average Bonchev–Trinajstić information content (AvgIpc) is 3.44. The van der Waals surface area contributed by atoms with Crippen molar-refractivity contribution in [2.45, 2.75) is 44.4 Å². The van der Waals surface area contributed by atoms with Crippen LogP contribution in [0, 0.1) is 11.3 Å². The third-order valence-corrected chi connectivity index (χ3v) is 7.39. The van der Waals surface area contributed by atoms with E-state index in [4.69, 9.17) is 14.2 Å². The summed E-state index contributed by atoms with van der Waals surface area (Å²) in [5.74, 6) is 1.87. The fourth-order valence-electron chi connectivity index (χ4n) is 4.38. The number of ether oxygens (including phenoxy) is 3. The maximum atomic E-state index is 12.7. The number of nitrogens with one attached hydrogen (secondary N) is 1. The van der Waals surface area contributed by atoms with E-state index >= 15 is 0 Å². The second-order valence-electron chi connectivity index (χ2n) is 9.15. The molecule has 8 nitrogen and oxygen atoms in total. The van der Waals surface area contributed by atoms with Gasteiger partial charge in [-0.2, -0.15) is 5.26 Å². The van der Waals surface area contributed by atoms with Gasteiger partial charge in [0.15, 0.2) is 11.5 Å². The lowest BCUT2D eigenvalue weighted by Crippen LogP contribution is -2.13. The zero-order chi connectivity index (χ0) is 27.5. The SMILES string of the molecule is C=CCc1ccc(OCCOc2ccc(/C=C(/C#N)C(=O)Nc3nnc(C4CCCCC4)s3)cc2)c(OC)c1. The smallest absolute Gasteiger partial charge is 0.268 e. The molecule has 39 heavy (non-hydrogen) atoms. The van der Waals surface area contributed by atoms with Crippen molar-refractivity contribution in [1.29, 1.82) is 5.26 Å². The van der Waals surface area contributed by atoms with Crippen LogP contribution in [0.2, 0.25) is 0 Å². The lowest BCUT2D eigenvalue weighted by atomic mass is 9.90. The Bertz CT molecular complexity index is 1340. The number of benzene rings is 2. The Hall–Kier alpha value is -4.16. The molecule has 1 heterocycles. The monoisotopic (exact) mass is 544 g/mol. The third kappa shape index (κ3) is 7.91. The van der Waals surface area contributed by atoms with Crippen molar-refractivity contribution in [1.82, 2.24) is 10.2 Å². The number of aromatic nitrogens is 2. The number of amides is 1. The molecule has 3 aromatic rings. The van der Waals surface area contributed by atoms with Gasteiger partial charge >= 0.3 is 0 Å². The molecular formula is C30H32N4O4S. The predicted molar refractivity (Wildman–Crippen MR) is 152 cm³/mol. The fourth-order valence-corrected chi connectivity index (χ4v) is 5.28. The molecule has 1 aliphatic rings. The van der Waals surface area contributed by atoms with Crippen LogP contribution in [0.4, 0.5) is 5.13 Å².